The molecule has 3 nitrogen and oxygen atoms in total. The highest BCUT2D eigenvalue weighted by Crippen LogP contribution is 2.37. The van der Waals surface area contributed by atoms with Gasteiger partial charge in [0.15, 0.2) is 0 Å². The Kier molecular flexibility index (Phi) is 1.92. The molecule has 2 N–H and O–H groups in total. The average Bonchev–Trinajstić information content (AvgIpc) is 2.46. The molecule has 1 amide bonds. The van der Waals surface area contributed by atoms with Crippen molar-refractivity contribution in [1.82, 2.24) is 0 Å². The zero-order chi connectivity index (χ0) is 8.55. The molecule has 0 spiro atoms. The maximum absolute atomic E-state index is 10.9. The molecule has 2 unspecified atom stereocenters. The molecule has 2 heterocycles. The van der Waals surface area contributed by atoms with Crippen LogP contribution in [0.4, 0.5) is 0 Å². The van der Waals surface area contributed by atoms with Crippen LogP contribution in [0.3, 0.4) is 0 Å². The van der Waals surface area contributed by atoms with E-state index in [1.165, 1.54) is 11.8 Å². The van der Waals surface area contributed by atoms with Gasteiger partial charge in [-0.3, -0.25) is 9.79 Å². The fraction of sp³-hybridized carbons (Fsp3) is 0.500. The first-order valence-corrected chi connectivity index (χ1v) is 4.84. The van der Waals surface area contributed by atoms with Gasteiger partial charge in [-0.15, -0.1) is 0 Å². The number of allylic oxidation sites excluding steroid dienone is 1. The van der Waals surface area contributed by atoms with E-state index >= 15 is 0 Å². The van der Waals surface area contributed by atoms with Gasteiger partial charge in [0.2, 0.25) is 5.91 Å². The van der Waals surface area contributed by atoms with E-state index in [1.54, 1.807) is 0 Å². The number of fused-ring (bicyclic) bond motifs is 1. The van der Waals surface area contributed by atoms with Gasteiger partial charge >= 0.3 is 0 Å². The van der Waals surface area contributed by atoms with Crippen LogP contribution in [-0.4, -0.2) is 16.2 Å². The summed E-state index contributed by atoms with van der Waals surface area (Å²) in [6.07, 6.45) is 5.72. The molecule has 64 valence electrons. The molecule has 1 fully saturated rings. The van der Waals surface area contributed by atoms with Crippen LogP contribution < -0.4 is 5.73 Å². The highest BCUT2D eigenvalue weighted by atomic mass is 32.2. The van der Waals surface area contributed by atoms with E-state index < -0.39 is 0 Å². The highest BCUT2D eigenvalue weighted by molar-refractivity contribution is 8.15. The first-order valence-electron chi connectivity index (χ1n) is 3.96. The Morgan fingerprint density at radius 3 is 3.25 bits per heavy atom. The van der Waals surface area contributed by atoms with E-state index in [0.29, 0.717) is 5.92 Å². The van der Waals surface area contributed by atoms with E-state index in [9.17, 15) is 4.79 Å². The van der Waals surface area contributed by atoms with Crippen LogP contribution in [0.1, 0.15) is 12.8 Å². The fourth-order valence-corrected chi connectivity index (χ4v) is 2.75. The summed E-state index contributed by atoms with van der Waals surface area (Å²) in [7, 11) is 0. The number of hydrogen-bond donors (Lipinski definition) is 1. The SMILES string of the molecule is NC(=O)C1CC2CC=CN=C2S1. The Morgan fingerprint density at radius 2 is 2.58 bits per heavy atom. The van der Waals surface area contributed by atoms with Crippen molar-refractivity contribution in [3.05, 3.63) is 12.3 Å². The highest BCUT2D eigenvalue weighted by Gasteiger charge is 2.34. The van der Waals surface area contributed by atoms with Crippen LogP contribution in [-0.2, 0) is 4.79 Å². The second kappa shape index (κ2) is 2.94. The number of carbonyl (C=O) groups is 1. The van der Waals surface area contributed by atoms with E-state index in [2.05, 4.69) is 4.99 Å². The van der Waals surface area contributed by atoms with Crippen molar-refractivity contribution in [2.24, 2.45) is 16.6 Å². The standard InChI is InChI=1S/C8H10N2OS/c9-7(11)6-4-5-2-1-3-10-8(5)12-6/h1,3,5-6H,2,4H2,(H2,9,11). The molecule has 2 rings (SSSR count). The molecule has 0 radical (unpaired) electrons. The van der Waals surface area contributed by atoms with Gasteiger partial charge < -0.3 is 5.73 Å². The van der Waals surface area contributed by atoms with Crippen molar-refractivity contribution in [1.29, 1.82) is 0 Å². The van der Waals surface area contributed by atoms with Gasteiger partial charge in [0, 0.05) is 12.1 Å². The second-order valence-corrected chi connectivity index (χ2v) is 4.25. The van der Waals surface area contributed by atoms with Crippen molar-refractivity contribution >= 4 is 22.7 Å². The lowest BCUT2D eigenvalue weighted by Crippen LogP contribution is -2.23. The Hall–Kier alpha value is -0.770. The quantitative estimate of drug-likeness (QED) is 0.655. The fourth-order valence-electron chi connectivity index (χ4n) is 1.51. The topological polar surface area (TPSA) is 55.5 Å². The van der Waals surface area contributed by atoms with E-state index in [-0.39, 0.29) is 11.2 Å². The molecule has 0 aromatic heterocycles. The summed E-state index contributed by atoms with van der Waals surface area (Å²) in [5.41, 5.74) is 5.22. The normalized spacial score (nSPS) is 32.8. The summed E-state index contributed by atoms with van der Waals surface area (Å²) in [4.78, 5) is 15.1. The molecule has 2 aliphatic heterocycles. The largest absolute Gasteiger partial charge is 0.369 e. The molecule has 0 aliphatic carbocycles. The Labute approximate surface area is 75.1 Å². The van der Waals surface area contributed by atoms with Gasteiger partial charge in [-0.05, 0) is 12.8 Å². The predicted octanol–water partition coefficient (Wildman–Crippen LogP) is 0.909. The smallest absolute Gasteiger partial charge is 0.230 e. The third kappa shape index (κ3) is 1.27. The maximum atomic E-state index is 10.9. The van der Waals surface area contributed by atoms with Gasteiger partial charge in [0.05, 0.1) is 10.3 Å². The van der Waals surface area contributed by atoms with E-state index in [4.69, 9.17) is 5.73 Å². The molecule has 0 aromatic carbocycles. The first kappa shape index (κ1) is 7.86. The van der Waals surface area contributed by atoms with Crippen molar-refractivity contribution in [3.8, 4) is 0 Å². The van der Waals surface area contributed by atoms with Gasteiger partial charge in [0.25, 0.3) is 0 Å². The van der Waals surface area contributed by atoms with Gasteiger partial charge in [-0.25, -0.2) is 0 Å². The summed E-state index contributed by atoms with van der Waals surface area (Å²) < 4.78 is 0. The summed E-state index contributed by atoms with van der Waals surface area (Å²) >= 11 is 1.53. The lowest BCUT2D eigenvalue weighted by atomic mass is 9.99. The summed E-state index contributed by atoms with van der Waals surface area (Å²) in [6.45, 7) is 0. The number of rotatable bonds is 1. The van der Waals surface area contributed by atoms with Crippen LogP contribution in [0.15, 0.2) is 17.3 Å². The lowest BCUT2D eigenvalue weighted by Gasteiger charge is -2.08. The minimum Gasteiger partial charge on any atom is -0.369 e. The molecule has 4 heteroatoms. The number of nitrogens with zero attached hydrogens (tertiary/aromatic N) is 1. The molecule has 0 bridgehead atoms. The Balaban J connectivity index is 2.12. The van der Waals surface area contributed by atoms with E-state index in [1.807, 2.05) is 12.3 Å². The van der Waals surface area contributed by atoms with Crippen molar-refractivity contribution in [2.75, 3.05) is 0 Å². The number of amides is 1. The van der Waals surface area contributed by atoms with Gasteiger partial charge in [0.1, 0.15) is 0 Å². The predicted molar refractivity (Wildman–Crippen MR) is 49.9 cm³/mol. The number of primary amides is 1. The van der Waals surface area contributed by atoms with Gasteiger partial charge in [-0.2, -0.15) is 0 Å². The zero-order valence-corrected chi connectivity index (χ0v) is 7.38. The molecule has 2 atom stereocenters. The number of carbonyl (C=O) groups excluding carboxylic acids is 1. The Bertz CT molecular complexity index is 272. The third-order valence-corrected chi connectivity index (χ3v) is 3.55. The van der Waals surface area contributed by atoms with Gasteiger partial charge in [-0.1, -0.05) is 17.8 Å². The van der Waals surface area contributed by atoms with Crippen molar-refractivity contribution in [3.63, 3.8) is 0 Å². The second-order valence-electron chi connectivity index (χ2n) is 3.03. The minimum absolute atomic E-state index is 0.0475. The van der Waals surface area contributed by atoms with Crippen molar-refractivity contribution < 1.29 is 4.79 Å². The number of hydrogen-bond acceptors (Lipinski definition) is 3. The molecule has 0 saturated carbocycles. The van der Waals surface area contributed by atoms with Crippen molar-refractivity contribution in [2.45, 2.75) is 18.1 Å². The molecule has 12 heavy (non-hydrogen) atoms. The molecule has 0 aromatic rings. The molecular formula is C8H10N2OS. The van der Waals surface area contributed by atoms with Crippen LogP contribution in [0.5, 0.6) is 0 Å². The van der Waals surface area contributed by atoms with Crippen LogP contribution in [0, 0.1) is 5.92 Å². The minimum atomic E-state index is -0.211. The van der Waals surface area contributed by atoms with Crippen LogP contribution in [0.2, 0.25) is 0 Å². The Morgan fingerprint density at radius 1 is 1.75 bits per heavy atom. The zero-order valence-electron chi connectivity index (χ0n) is 6.56. The summed E-state index contributed by atoms with van der Waals surface area (Å²) in [5.74, 6) is 0.245. The third-order valence-electron chi connectivity index (χ3n) is 2.16. The summed E-state index contributed by atoms with van der Waals surface area (Å²) in [6, 6.07) is 0. The maximum Gasteiger partial charge on any atom is 0.230 e. The first-order chi connectivity index (χ1) is 5.77. The number of thioether (sulfide) groups is 1. The molecular weight excluding hydrogens is 172 g/mol. The van der Waals surface area contributed by atoms with Crippen LogP contribution in [0.25, 0.3) is 0 Å². The number of aliphatic imine (C=N–C) groups is 1. The molecule has 1 saturated heterocycles. The van der Waals surface area contributed by atoms with Crippen LogP contribution >= 0.6 is 11.8 Å². The van der Waals surface area contributed by atoms with E-state index in [0.717, 1.165) is 17.9 Å². The molecule has 2 aliphatic rings. The monoisotopic (exact) mass is 182 g/mol. The lowest BCUT2D eigenvalue weighted by molar-refractivity contribution is -0.117. The average molecular weight is 182 g/mol. The number of nitrogens with two attached hydrogens (primary N) is 1. The summed E-state index contributed by atoms with van der Waals surface area (Å²) in [5, 5.41) is 1.04.